The zero-order valence-corrected chi connectivity index (χ0v) is 11.2. The van der Waals surface area contributed by atoms with Crippen molar-refractivity contribution in [3.63, 3.8) is 0 Å². The van der Waals surface area contributed by atoms with Crippen LogP contribution in [0.4, 0.5) is 0 Å². The maximum absolute atomic E-state index is 11.7. The average Bonchev–Trinajstić information content (AvgIpc) is 3.14. The van der Waals surface area contributed by atoms with Gasteiger partial charge in [0.25, 0.3) is 0 Å². The highest BCUT2D eigenvalue weighted by molar-refractivity contribution is 5.80. The normalized spacial score (nSPS) is 22.8. The molecular weight excluding hydrogens is 244 g/mol. The Bertz CT molecular complexity index is 483. The molecule has 1 aromatic rings. The Morgan fingerprint density at radius 1 is 1.58 bits per heavy atom. The van der Waals surface area contributed by atoms with Crippen LogP contribution in [0.1, 0.15) is 18.7 Å². The molecule has 6 heteroatoms. The van der Waals surface area contributed by atoms with Crippen LogP contribution in [0.3, 0.4) is 0 Å². The molecule has 0 saturated heterocycles. The van der Waals surface area contributed by atoms with Crippen LogP contribution in [-0.2, 0) is 17.9 Å². The van der Waals surface area contributed by atoms with Crippen LogP contribution < -0.4 is 5.32 Å². The van der Waals surface area contributed by atoms with Gasteiger partial charge in [0.2, 0.25) is 0 Å². The minimum absolute atomic E-state index is 0.261. The fraction of sp³-hybridized carbons (Fsp3) is 0.692. The van der Waals surface area contributed by atoms with Gasteiger partial charge in [0, 0.05) is 32.0 Å². The van der Waals surface area contributed by atoms with Crippen molar-refractivity contribution in [2.45, 2.75) is 31.5 Å². The van der Waals surface area contributed by atoms with Crippen LogP contribution in [0.25, 0.3) is 0 Å². The molecule has 0 spiro atoms. The zero-order valence-electron chi connectivity index (χ0n) is 11.2. The molecule has 0 radical (unpaired) electrons. The third kappa shape index (κ3) is 2.15. The molecule has 104 valence electrons. The van der Waals surface area contributed by atoms with E-state index in [9.17, 15) is 9.90 Å². The molecule has 3 rings (SSSR count). The Balaban J connectivity index is 1.75. The van der Waals surface area contributed by atoms with Gasteiger partial charge in [-0.1, -0.05) is 0 Å². The maximum Gasteiger partial charge on any atom is 0.325 e. The molecule has 2 N–H and O–H groups in total. The van der Waals surface area contributed by atoms with E-state index in [0.29, 0.717) is 6.54 Å². The van der Waals surface area contributed by atoms with E-state index in [1.165, 1.54) is 0 Å². The molecule has 1 unspecified atom stereocenters. The monoisotopic (exact) mass is 264 g/mol. The number of carboxylic acid groups (broad SMARTS) is 1. The lowest BCUT2D eigenvalue weighted by Crippen LogP contribution is -2.60. The van der Waals surface area contributed by atoms with Gasteiger partial charge < -0.3 is 15.0 Å². The molecule has 2 aliphatic rings. The number of aromatic nitrogens is 2. The molecule has 1 aromatic heterocycles. The summed E-state index contributed by atoms with van der Waals surface area (Å²) in [4.78, 5) is 18.2. The Labute approximate surface area is 112 Å². The largest absolute Gasteiger partial charge is 0.480 e. The first-order chi connectivity index (χ1) is 9.15. The van der Waals surface area contributed by atoms with Crippen molar-refractivity contribution in [3.05, 3.63) is 18.2 Å². The number of carbonyl (C=O) groups is 1. The first-order valence-corrected chi connectivity index (χ1v) is 6.80. The summed E-state index contributed by atoms with van der Waals surface area (Å²) in [6.45, 7) is 3.05. The van der Waals surface area contributed by atoms with Crippen LogP contribution >= 0.6 is 0 Å². The van der Waals surface area contributed by atoms with Crippen molar-refractivity contribution >= 4 is 5.97 Å². The molecule has 19 heavy (non-hydrogen) atoms. The maximum atomic E-state index is 11.7. The third-order valence-corrected chi connectivity index (χ3v) is 4.40. The second kappa shape index (κ2) is 4.61. The Hall–Kier alpha value is -1.40. The topological polar surface area (TPSA) is 70.4 Å². The number of fused-ring (bicyclic) bond motifs is 1. The predicted molar refractivity (Wildman–Crippen MR) is 69.7 cm³/mol. The number of aliphatic carboxylic acids is 1. The lowest BCUT2D eigenvalue weighted by molar-refractivity contribution is -0.147. The summed E-state index contributed by atoms with van der Waals surface area (Å²) in [6, 6.07) is 0. The van der Waals surface area contributed by atoms with Crippen LogP contribution in [0.15, 0.2) is 12.4 Å². The van der Waals surface area contributed by atoms with E-state index in [2.05, 4.69) is 19.8 Å². The molecule has 2 heterocycles. The van der Waals surface area contributed by atoms with Crippen LogP contribution in [-0.4, -0.2) is 51.2 Å². The van der Waals surface area contributed by atoms with E-state index in [0.717, 1.165) is 38.3 Å². The lowest BCUT2D eigenvalue weighted by atomic mass is 9.92. The number of likely N-dealkylation sites (N-methyl/N-ethyl adjacent to an activating group) is 1. The number of imidazole rings is 1. The van der Waals surface area contributed by atoms with Crippen LogP contribution in [0.2, 0.25) is 0 Å². The summed E-state index contributed by atoms with van der Waals surface area (Å²) in [6.07, 6.45) is 5.81. The lowest BCUT2D eigenvalue weighted by Gasteiger charge is -2.37. The van der Waals surface area contributed by atoms with Crippen molar-refractivity contribution in [2.75, 3.05) is 20.1 Å². The second-order valence-electron chi connectivity index (χ2n) is 5.55. The van der Waals surface area contributed by atoms with E-state index in [4.69, 9.17) is 0 Å². The number of nitrogens with one attached hydrogen (secondary N) is 1. The van der Waals surface area contributed by atoms with Crippen molar-refractivity contribution in [2.24, 2.45) is 5.92 Å². The van der Waals surface area contributed by atoms with E-state index >= 15 is 0 Å². The van der Waals surface area contributed by atoms with E-state index < -0.39 is 11.5 Å². The van der Waals surface area contributed by atoms with E-state index in [1.807, 2.05) is 12.4 Å². The highest BCUT2D eigenvalue weighted by atomic mass is 16.4. The van der Waals surface area contributed by atoms with Crippen molar-refractivity contribution in [1.29, 1.82) is 0 Å². The molecule has 0 amide bonds. The highest BCUT2D eigenvalue weighted by Crippen LogP contribution is 2.40. The second-order valence-corrected chi connectivity index (χ2v) is 5.55. The van der Waals surface area contributed by atoms with Gasteiger partial charge in [-0.3, -0.25) is 9.69 Å². The summed E-state index contributed by atoms with van der Waals surface area (Å²) in [5.74, 6) is 0.556. The molecule has 1 saturated carbocycles. The summed E-state index contributed by atoms with van der Waals surface area (Å²) >= 11 is 0. The van der Waals surface area contributed by atoms with Crippen LogP contribution in [0.5, 0.6) is 0 Å². The minimum Gasteiger partial charge on any atom is -0.480 e. The first-order valence-electron chi connectivity index (χ1n) is 6.80. The average molecular weight is 264 g/mol. The minimum atomic E-state index is -0.797. The summed E-state index contributed by atoms with van der Waals surface area (Å²) in [5, 5.41) is 12.7. The molecule has 6 nitrogen and oxygen atoms in total. The predicted octanol–water partition coefficient (Wildman–Crippen LogP) is 0.151. The zero-order chi connectivity index (χ0) is 13.5. The quantitative estimate of drug-likeness (QED) is 0.792. The molecular formula is C13H20N4O2. The Kier molecular flexibility index (Phi) is 3.06. The fourth-order valence-electron chi connectivity index (χ4n) is 3.05. The van der Waals surface area contributed by atoms with Gasteiger partial charge in [0.15, 0.2) is 0 Å². The standard InChI is InChI=1S/C13H20N4O2/c1-14-13(12(18)19,10-2-3-10)9-16-6-7-17-5-4-15-11(17)8-16/h4-5,10,14H,2-3,6-9H2,1H3,(H,18,19). The van der Waals surface area contributed by atoms with Gasteiger partial charge in [-0.05, 0) is 25.8 Å². The van der Waals surface area contributed by atoms with Crippen LogP contribution in [0, 0.1) is 5.92 Å². The van der Waals surface area contributed by atoms with Gasteiger partial charge in [-0.25, -0.2) is 4.98 Å². The number of carboxylic acids is 1. The van der Waals surface area contributed by atoms with Gasteiger partial charge in [-0.15, -0.1) is 0 Å². The fourth-order valence-corrected chi connectivity index (χ4v) is 3.05. The molecule has 0 aromatic carbocycles. The SMILES string of the molecule is CNC(CN1CCn2ccnc2C1)(C(=O)O)C1CC1. The summed E-state index contributed by atoms with van der Waals surface area (Å²) in [7, 11) is 1.76. The van der Waals surface area contributed by atoms with Gasteiger partial charge in [0.1, 0.15) is 11.4 Å². The van der Waals surface area contributed by atoms with Crippen molar-refractivity contribution in [3.8, 4) is 0 Å². The van der Waals surface area contributed by atoms with E-state index in [-0.39, 0.29) is 5.92 Å². The Morgan fingerprint density at radius 3 is 3.00 bits per heavy atom. The summed E-state index contributed by atoms with van der Waals surface area (Å²) in [5.41, 5.74) is -0.797. The third-order valence-electron chi connectivity index (χ3n) is 4.40. The molecule has 1 atom stereocenters. The number of hydrogen-bond donors (Lipinski definition) is 2. The molecule has 0 bridgehead atoms. The van der Waals surface area contributed by atoms with E-state index in [1.54, 1.807) is 7.05 Å². The molecule has 1 aliphatic carbocycles. The number of hydrogen-bond acceptors (Lipinski definition) is 4. The molecule has 1 aliphatic heterocycles. The van der Waals surface area contributed by atoms with Gasteiger partial charge in [-0.2, -0.15) is 0 Å². The van der Waals surface area contributed by atoms with Gasteiger partial charge >= 0.3 is 5.97 Å². The number of nitrogens with zero attached hydrogens (tertiary/aromatic N) is 3. The van der Waals surface area contributed by atoms with Gasteiger partial charge in [0.05, 0.1) is 6.54 Å². The summed E-state index contributed by atoms with van der Waals surface area (Å²) < 4.78 is 2.13. The smallest absolute Gasteiger partial charge is 0.325 e. The highest BCUT2D eigenvalue weighted by Gasteiger charge is 2.51. The molecule has 1 fully saturated rings. The first kappa shape index (κ1) is 12.6. The Morgan fingerprint density at radius 2 is 2.37 bits per heavy atom. The van der Waals surface area contributed by atoms with Crippen molar-refractivity contribution < 1.29 is 9.90 Å². The number of rotatable bonds is 5. The van der Waals surface area contributed by atoms with Crippen molar-refractivity contribution in [1.82, 2.24) is 19.8 Å².